The van der Waals surface area contributed by atoms with Gasteiger partial charge in [-0.25, -0.2) is 0 Å². The minimum absolute atomic E-state index is 0.0656. The molecule has 10 aromatic carbocycles. The molecule has 0 aliphatic carbocycles. The topological polar surface area (TPSA) is 3.24 Å². The number of anilines is 3. The van der Waals surface area contributed by atoms with E-state index in [9.17, 15) is 5.48 Å². The molecule has 0 aromatic heterocycles. The fourth-order valence-corrected chi connectivity index (χ4v) is 7.73. The average molecular weight is 761 g/mol. The molecule has 0 atom stereocenters. The first-order chi connectivity index (χ1) is 33.0. The van der Waals surface area contributed by atoms with E-state index in [-0.39, 0.29) is 11.3 Å². The Balaban J connectivity index is 1.15. The third kappa shape index (κ3) is 7.34. The minimum atomic E-state index is -0.629. The van der Waals surface area contributed by atoms with Crippen LogP contribution in [-0.4, -0.2) is 0 Å². The molecule has 0 heterocycles. The van der Waals surface area contributed by atoms with E-state index < -0.39 is 59.9 Å². The van der Waals surface area contributed by atoms with Crippen LogP contribution in [0.2, 0.25) is 0 Å². The molecule has 0 radical (unpaired) electrons. The van der Waals surface area contributed by atoms with E-state index in [0.717, 1.165) is 66.4 Å². The van der Waals surface area contributed by atoms with Gasteiger partial charge in [0, 0.05) is 17.1 Å². The van der Waals surface area contributed by atoms with Gasteiger partial charge < -0.3 is 4.90 Å². The van der Waals surface area contributed by atoms with Gasteiger partial charge in [0.05, 0.1) is 12.3 Å². The molecule has 0 aliphatic heterocycles. The van der Waals surface area contributed by atoms with E-state index in [1.165, 1.54) is 0 Å². The van der Waals surface area contributed by atoms with Crippen molar-refractivity contribution in [2.24, 2.45) is 0 Å². The fraction of sp³-hybridized carbons (Fsp3) is 0. The van der Waals surface area contributed by atoms with Crippen LogP contribution in [0.4, 0.5) is 17.1 Å². The summed E-state index contributed by atoms with van der Waals surface area (Å²) in [6.45, 7) is 0. The monoisotopic (exact) mass is 760 g/mol. The standard InChI is InChI=1S/C58H41N/c1-5-15-42(16-6-1)45-25-32-53(33-26-45)59(55-36-29-49(30-37-55)58-56-24-14-13-23-48(56)31-38-57(58)47-21-11-4-12-22-47)54-34-27-46(28-35-54)52-40-50(43-17-7-2-8-18-43)39-51(41-52)44-19-9-3-10-20-44/h1-41H/i1D,5D,6D,15D,16D,25D,26D,32D,33D. The fourth-order valence-electron chi connectivity index (χ4n) is 7.73. The Morgan fingerprint density at radius 2 is 0.746 bits per heavy atom. The van der Waals surface area contributed by atoms with Crippen LogP contribution in [0.3, 0.4) is 0 Å². The molecule has 0 saturated carbocycles. The van der Waals surface area contributed by atoms with Gasteiger partial charge in [0.1, 0.15) is 0 Å². The van der Waals surface area contributed by atoms with Crippen LogP contribution in [-0.2, 0) is 0 Å². The summed E-state index contributed by atoms with van der Waals surface area (Å²) in [5.74, 6) is 0. The van der Waals surface area contributed by atoms with Crippen molar-refractivity contribution in [1.29, 1.82) is 0 Å². The number of nitrogens with zero attached hydrogens (tertiary/aromatic N) is 1. The summed E-state index contributed by atoms with van der Waals surface area (Å²) in [7, 11) is 0. The Bertz CT molecular complexity index is 3410. The third-order valence-electron chi connectivity index (χ3n) is 10.6. The summed E-state index contributed by atoms with van der Waals surface area (Å²) >= 11 is 0. The second kappa shape index (κ2) is 16.0. The van der Waals surface area contributed by atoms with E-state index in [1.54, 1.807) is 4.90 Å². The molecule has 278 valence electrons. The Hall–Kier alpha value is -7.74. The molecular formula is C58H41N. The Morgan fingerprint density at radius 1 is 0.288 bits per heavy atom. The van der Waals surface area contributed by atoms with Crippen molar-refractivity contribution in [2.75, 3.05) is 4.90 Å². The summed E-state index contributed by atoms with van der Waals surface area (Å²) in [6, 6.07) is 60.2. The number of rotatable bonds is 9. The Morgan fingerprint density at radius 3 is 1.31 bits per heavy atom. The molecular weight excluding hydrogens is 711 g/mol. The molecule has 1 heteroatoms. The van der Waals surface area contributed by atoms with Gasteiger partial charge in [-0.15, -0.1) is 0 Å². The summed E-state index contributed by atoms with van der Waals surface area (Å²) in [4.78, 5) is 1.69. The molecule has 59 heavy (non-hydrogen) atoms. The van der Waals surface area contributed by atoms with Crippen LogP contribution in [0, 0.1) is 0 Å². The zero-order chi connectivity index (χ0) is 47.2. The van der Waals surface area contributed by atoms with Gasteiger partial charge in [0.25, 0.3) is 0 Å². The second-order valence-electron chi connectivity index (χ2n) is 14.3. The lowest BCUT2D eigenvalue weighted by molar-refractivity contribution is 1.28. The van der Waals surface area contributed by atoms with Gasteiger partial charge >= 0.3 is 0 Å². The molecule has 10 aromatic rings. The first kappa shape index (κ1) is 27.0. The number of benzene rings is 10. The van der Waals surface area contributed by atoms with Crippen molar-refractivity contribution >= 4 is 27.8 Å². The molecule has 0 spiro atoms. The average Bonchev–Trinajstić information content (AvgIpc) is 3.39. The largest absolute Gasteiger partial charge is 0.311 e. The number of fused-ring (bicyclic) bond motifs is 1. The van der Waals surface area contributed by atoms with E-state index in [4.69, 9.17) is 6.85 Å². The molecule has 0 saturated heterocycles. The maximum absolute atomic E-state index is 9.53. The molecule has 0 bridgehead atoms. The van der Waals surface area contributed by atoms with Crippen LogP contribution < -0.4 is 4.90 Å². The van der Waals surface area contributed by atoms with Gasteiger partial charge in [-0.05, 0) is 132 Å². The van der Waals surface area contributed by atoms with E-state index in [1.807, 2.05) is 115 Å². The van der Waals surface area contributed by atoms with E-state index in [2.05, 4.69) is 78.9 Å². The third-order valence-corrected chi connectivity index (χ3v) is 10.6. The van der Waals surface area contributed by atoms with Gasteiger partial charge in [-0.2, -0.15) is 0 Å². The predicted octanol–water partition coefficient (Wildman–Crippen LogP) is 16.3. The number of hydrogen-bond acceptors (Lipinski definition) is 1. The summed E-state index contributed by atoms with van der Waals surface area (Å²) in [5.41, 5.74) is 10.5. The molecule has 0 N–H and O–H groups in total. The SMILES string of the molecule is [2H]c1c([2H])c([2H])c(-c2c([2H])c([2H])c(N(c3ccc(-c4cc(-c5ccccc5)cc(-c5ccccc5)c4)cc3)c3ccc(-c4c(-c5ccccc5)ccc5ccccc45)cc3)c([2H])c2[2H])c([2H])c1[2H]. The van der Waals surface area contributed by atoms with Crippen LogP contribution in [0.1, 0.15) is 12.3 Å². The highest BCUT2D eigenvalue weighted by Crippen LogP contribution is 2.42. The quantitative estimate of drug-likeness (QED) is 0.142. The molecule has 1 nitrogen and oxygen atoms in total. The smallest absolute Gasteiger partial charge is 0.0645 e. The first-order valence-corrected chi connectivity index (χ1v) is 19.5. The highest BCUT2D eigenvalue weighted by Gasteiger charge is 2.17. The zero-order valence-corrected chi connectivity index (χ0v) is 31.9. The summed E-state index contributed by atoms with van der Waals surface area (Å²) in [5, 5.41) is 2.16. The molecule has 10 rings (SSSR count). The Kier molecular flexibility index (Phi) is 7.33. The van der Waals surface area contributed by atoms with Crippen LogP contribution in [0.5, 0.6) is 0 Å². The maximum atomic E-state index is 9.53. The summed E-state index contributed by atoms with van der Waals surface area (Å²) < 4.78 is 79.8. The van der Waals surface area contributed by atoms with E-state index >= 15 is 0 Å². The highest BCUT2D eigenvalue weighted by atomic mass is 15.1. The highest BCUT2D eigenvalue weighted by molar-refractivity contribution is 6.04. The lowest BCUT2D eigenvalue weighted by atomic mass is 9.89. The van der Waals surface area contributed by atoms with Crippen LogP contribution in [0.25, 0.3) is 77.5 Å². The van der Waals surface area contributed by atoms with E-state index in [0.29, 0.717) is 11.4 Å². The maximum Gasteiger partial charge on any atom is 0.0645 e. The van der Waals surface area contributed by atoms with Crippen molar-refractivity contribution in [3.05, 3.63) is 249 Å². The van der Waals surface area contributed by atoms with Crippen molar-refractivity contribution < 1.29 is 12.3 Å². The van der Waals surface area contributed by atoms with Crippen molar-refractivity contribution in [1.82, 2.24) is 0 Å². The van der Waals surface area contributed by atoms with Gasteiger partial charge in [-0.1, -0.05) is 194 Å². The number of hydrogen-bond donors (Lipinski definition) is 0. The molecule has 0 amide bonds. The predicted molar refractivity (Wildman–Crippen MR) is 251 cm³/mol. The minimum Gasteiger partial charge on any atom is -0.311 e. The lowest BCUT2D eigenvalue weighted by Gasteiger charge is -2.26. The molecule has 0 unspecified atom stereocenters. The Labute approximate surface area is 359 Å². The molecule has 0 aliphatic rings. The first-order valence-electron chi connectivity index (χ1n) is 24.0. The zero-order valence-electron chi connectivity index (χ0n) is 40.9. The van der Waals surface area contributed by atoms with Crippen molar-refractivity contribution in [2.45, 2.75) is 0 Å². The van der Waals surface area contributed by atoms with Gasteiger partial charge in [0.15, 0.2) is 0 Å². The van der Waals surface area contributed by atoms with Crippen LogP contribution >= 0.6 is 0 Å². The molecule has 0 fully saturated rings. The second-order valence-corrected chi connectivity index (χ2v) is 14.3. The van der Waals surface area contributed by atoms with Crippen molar-refractivity contribution in [3.8, 4) is 66.8 Å². The normalized spacial score (nSPS) is 13.2. The van der Waals surface area contributed by atoms with Gasteiger partial charge in [-0.3, -0.25) is 0 Å². The van der Waals surface area contributed by atoms with Gasteiger partial charge in [0.2, 0.25) is 0 Å². The van der Waals surface area contributed by atoms with Crippen LogP contribution in [0.15, 0.2) is 249 Å². The lowest BCUT2D eigenvalue weighted by Crippen LogP contribution is -2.09. The summed E-state index contributed by atoms with van der Waals surface area (Å²) in [6.07, 6.45) is 0. The van der Waals surface area contributed by atoms with Crippen molar-refractivity contribution in [3.63, 3.8) is 0 Å².